The lowest BCUT2D eigenvalue weighted by atomic mass is 9.96. The van der Waals surface area contributed by atoms with Gasteiger partial charge in [-0.3, -0.25) is 4.79 Å². The number of hydrogen-bond donors (Lipinski definition) is 2. The number of primary amides is 1. The molecule has 0 aliphatic rings. The van der Waals surface area contributed by atoms with Crippen molar-refractivity contribution >= 4 is 15.9 Å². The first-order valence-electron chi connectivity index (χ1n) is 8.53. The first-order chi connectivity index (χ1) is 14.4. The van der Waals surface area contributed by atoms with E-state index in [0.29, 0.717) is 22.3 Å². The van der Waals surface area contributed by atoms with Gasteiger partial charge in [-0.25, -0.2) is 13.6 Å². The van der Waals surface area contributed by atoms with Gasteiger partial charge in [-0.2, -0.15) is 18.3 Å². The lowest BCUT2D eigenvalue weighted by Gasteiger charge is -2.17. The SMILES string of the molecule is COc1ccc(-c2c(CC(N)=O)ccc(-n3ncc(C(F)(F)F)n3)c2S(N)(=O)=O)cc1. The van der Waals surface area contributed by atoms with Crippen molar-refractivity contribution in [3.8, 4) is 22.6 Å². The third-order valence-electron chi connectivity index (χ3n) is 4.25. The van der Waals surface area contributed by atoms with Crippen LogP contribution < -0.4 is 15.6 Å². The minimum absolute atomic E-state index is 0.00712. The molecule has 9 nitrogen and oxygen atoms in total. The minimum Gasteiger partial charge on any atom is -0.497 e. The summed E-state index contributed by atoms with van der Waals surface area (Å²) in [6.07, 6.45) is -4.67. The number of alkyl halides is 3. The van der Waals surface area contributed by atoms with E-state index in [1.165, 1.54) is 37.4 Å². The smallest absolute Gasteiger partial charge is 0.436 e. The van der Waals surface area contributed by atoms with E-state index in [4.69, 9.17) is 15.6 Å². The standard InChI is InChI=1S/C18H16F3N5O4S/c1-30-12-5-2-10(3-6-12)16-11(8-15(22)27)4-7-13(17(16)31(23,28)29)26-24-9-14(25-26)18(19,20)21/h2-7,9H,8H2,1H3,(H2,22,27)(H2,23,28,29). The summed E-state index contributed by atoms with van der Waals surface area (Å²) in [7, 11) is -3.09. The molecule has 0 spiro atoms. The number of benzene rings is 2. The van der Waals surface area contributed by atoms with Crippen molar-refractivity contribution in [2.75, 3.05) is 7.11 Å². The van der Waals surface area contributed by atoms with Crippen LogP contribution in [-0.4, -0.2) is 36.4 Å². The topological polar surface area (TPSA) is 143 Å². The van der Waals surface area contributed by atoms with Crippen LogP contribution in [0.2, 0.25) is 0 Å². The van der Waals surface area contributed by atoms with Crippen LogP contribution in [0, 0.1) is 0 Å². The second kappa shape index (κ2) is 8.00. The summed E-state index contributed by atoms with van der Waals surface area (Å²) in [4.78, 5) is 11.5. The number of carbonyl (C=O) groups is 1. The highest BCUT2D eigenvalue weighted by atomic mass is 32.2. The quantitative estimate of drug-likeness (QED) is 0.578. The third kappa shape index (κ3) is 4.67. The number of hydrogen-bond acceptors (Lipinski definition) is 6. The van der Waals surface area contributed by atoms with Crippen molar-refractivity contribution < 1.29 is 31.1 Å². The van der Waals surface area contributed by atoms with E-state index in [1.54, 1.807) is 0 Å². The van der Waals surface area contributed by atoms with Gasteiger partial charge in [0.25, 0.3) is 0 Å². The van der Waals surface area contributed by atoms with Gasteiger partial charge < -0.3 is 10.5 Å². The first-order valence-corrected chi connectivity index (χ1v) is 10.1. The molecule has 164 valence electrons. The Bertz CT molecular complexity index is 1240. The molecule has 0 saturated carbocycles. The summed E-state index contributed by atoms with van der Waals surface area (Å²) in [5.41, 5.74) is 4.15. The predicted octanol–water partition coefficient (Wildman–Crippen LogP) is 1.64. The average molecular weight is 455 g/mol. The summed E-state index contributed by atoms with van der Waals surface area (Å²) < 4.78 is 69.0. The molecule has 1 aromatic heterocycles. The molecule has 3 aromatic rings. The number of primary sulfonamides is 1. The normalized spacial score (nSPS) is 12.0. The zero-order valence-corrected chi connectivity index (χ0v) is 16.7. The molecule has 2 aromatic carbocycles. The van der Waals surface area contributed by atoms with Crippen molar-refractivity contribution in [1.82, 2.24) is 15.0 Å². The summed E-state index contributed by atoms with van der Waals surface area (Å²) in [6, 6.07) is 8.60. The molecule has 0 aliphatic heterocycles. The highest BCUT2D eigenvalue weighted by molar-refractivity contribution is 7.89. The fraction of sp³-hybridized carbons (Fsp3) is 0.167. The highest BCUT2D eigenvalue weighted by Crippen LogP contribution is 2.36. The van der Waals surface area contributed by atoms with Crippen molar-refractivity contribution in [2.45, 2.75) is 17.5 Å². The lowest BCUT2D eigenvalue weighted by Crippen LogP contribution is -2.20. The second-order valence-electron chi connectivity index (χ2n) is 6.38. The molecule has 0 aliphatic carbocycles. The molecule has 0 atom stereocenters. The van der Waals surface area contributed by atoms with Gasteiger partial charge >= 0.3 is 6.18 Å². The molecule has 4 N–H and O–H groups in total. The number of amides is 1. The van der Waals surface area contributed by atoms with E-state index in [9.17, 15) is 26.4 Å². The Morgan fingerprint density at radius 3 is 2.29 bits per heavy atom. The van der Waals surface area contributed by atoms with Crippen LogP contribution in [0.3, 0.4) is 0 Å². The maximum Gasteiger partial charge on any atom is 0.436 e. The van der Waals surface area contributed by atoms with Gasteiger partial charge in [0.15, 0.2) is 5.69 Å². The molecular formula is C18H16F3N5O4S. The van der Waals surface area contributed by atoms with Crippen LogP contribution in [0.15, 0.2) is 47.5 Å². The van der Waals surface area contributed by atoms with Crippen LogP contribution in [0.5, 0.6) is 5.75 Å². The van der Waals surface area contributed by atoms with Gasteiger partial charge in [0, 0.05) is 5.56 Å². The number of ether oxygens (including phenoxy) is 1. The molecule has 3 rings (SSSR count). The number of methoxy groups -OCH3 is 1. The lowest BCUT2D eigenvalue weighted by molar-refractivity contribution is -0.141. The monoisotopic (exact) mass is 455 g/mol. The van der Waals surface area contributed by atoms with Gasteiger partial charge in [-0.1, -0.05) is 18.2 Å². The van der Waals surface area contributed by atoms with Crippen molar-refractivity contribution in [2.24, 2.45) is 10.9 Å². The van der Waals surface area contributed by atoms with Gasteiger partial charge in [0.1, 0.15) is 16.3 Å². The molecule has 0 radical (unpaired) electrons. The largest absolute Gasteiger partial charge is 0.497 e. The molecule has 0 bridgehead atoms. The van der Waals surface area contributed by atoms with Crippen LogP contribution in [-0.2, 0) is 27.4 Å². The first kappa shape index (κ1) is 22.2. The predicted molar refractivity (Wildman–Crippen MR) is 103 cm³/mol. The Labute approximate surface area is 174 Å². The van der Waals surface area contributed by atoms with E-state index in [2.05, 4.69) is 10.2 Å². The minimum atomic E-state index is -4.79. The number of nitrogens with zero attached hydrogens (tertiary/aromatic N) is 3. The number of nitrogens with two attached hydrogens (primary N) is 2. The molecular weight excluding hydrogens is 439 g/mol. The zero-order valence-electron chi connectivity index (χ0n) is 15.9. The van der Waals surface area contributed by atoms with Gasteiger partial charge in [-0.15, -0.1) is 9.90 Å². The average Bonchev–Trinajstić information content (AvgIpc) is 3.17. The fourth-order valence-electron chi connectivity index (χ4n) is 2.98. The van der Waals surface area contributed by atoms with Crippen molar-refractivity contribution in [3.63, 3.8) is 0 Å². The number of rotatable bonds is 6. The molecule has 0 saturated heterocycles. The van der Waals surface area contributed by atoms with Crippen LogP contribution in [0.25, 0.3) is 16.8 Å². The Hall–Kier alpha value is -3.45. The molecule has 1 heterocycles. The fourth-order valence-corrected chi connectivity index (χ4v) is 3.95. The number of carbonyl (C=O) groups excluding carboxylic acids is 1. The highest BCUT2D eigenvalue weighted by Gasteiger charge is 2.35. The molecule has 31 heavy (non-hydrogen) atoms. The molecule has 0 unspecified atom stereocenters. The molecule has 1 amide bonds. The van der Waals surface area contributed by atoms with Crippen LogP contribution >= 0.6 is 0 Å². The Morgan fingerprint density at radius 1 is 1.16 bits per heavy atom. The van der Waals surface area contributed by atoms with Gasteiger partial charge in [0.2, 0.25) is 15.9 Å². The third-order valence-corrected chi connectivity index (χ3v) is 5.23. The van der Waals surface area contributed by atoms with E-state index >= 15 is 0 Å². The van der Waals surface area contributed by atoms with Gasteiger partial charge in [-0.05, 0) is 29.3 Å². The summed E-state index contributed by atoms with van der Waals surface area (Å²) in [6.45, 7) is 0. The summed E-state index contributed by atoms with van der Waals surface area (Å²) in [5.74, 6) is -0.281. The van der Waals surface area contributed by atoms with Gasteiger partial charge in [0.05, 0.1) is 19.7 Å². The summed E-state index contributed by atoms with van der Waals surface area (Å²) in [5, 5.41) is 12.3. The van der Waals surface area contributed by atoms with Crippen LogP contribution in [0.1, 0.15) is 11.3 Å². The van der Waals surface area contributed by atoms with Crippen molar-refractivity contribution in [1.29, 1.82) is 0 Å². The molecule has 13 heteroatoms. The number of sulfonamides is 1. The van der Waals surface area contributed by atoms with E-state index in [1.807, 2.05) is 0 Å². The summed E-state index contributed by atoms with van der Waals surface area (Å²) >= 11 is 0. The Morgan fingerprint density at radius 2 is 1.81 bits per heavy atom. The maximum atomic E-state index is 13.0. The zero-order chi connectivity index (χ0) is 23.0. The van der Waals surface area contributed by atoms with Crippen molar-refractivity contribution in [3.05, 3.63) is 53.9 Å². The Kier molecular flexibility index (Phi) is 5.74. The maximum absolute atomic E-state index is 13.0. The van der Waals surface area contributed by atoms with Crippen LogP contribution in [0.4, 0.5) is 13.2 Å². The Balaban J connectivity index is 2.35. The number of halogens is 3. The number of aromatic nitrogens is 3. The van der Waals surface area contributed by atoms with E-state index < -0.39 is 32.7 Å². The molecule has 0 fully saturated rings. The second-order valence-corrected chi connectivity index (χ2v) is 7.88. The van der Waals surface area contributed by atoms with E-state index in [-0.39, 0.29) is 23.2 Å². The van der Waals surface area contributed by atoms with E-state index in [0.717, 1.165) is 6.07 Å².